The van der Waals surface area contributed by atoms with Crippen molar-refractivity contribution in [2.75, 3.05) is 10.6 Å². The molecule has 31 heavy (non-hydrogen) atoms. The van der Waals surface area contributed by atoms with Gasteiger partial charge in [-0.3, -0.25) is 9.36 Å². The summed E-state index contributed by atoms with van der Waals surface area (Å²) in [7, 11) is 0. The summed E-state index contributed by atoms with van der Waals surface area (Å²) in [6, 6.07) is 14.7. The van der Waals surface area contributed by atoms with Crippen LogP contribution in [0.1, 0.15) is 16.7 Å². The van der Waals surface area contributed by atoms with Crippen LogP contribution in [-0.4, -0.2) is 24.7 Å². The average Bonchev–Trinajstić information content (AvgIpc) is 3.31. The Bertz CT molecular complexity index is 1220. The van der Waals surface area contributed by atoms with E-state index in [9.17, 15) is 4.39 Å². The molecule has 0 saturated heterocycles. The van der Waals surface area contributed by atoms with Crippen molar-refractivity contribution in [1.82, 2.24) is 19.6 Å². The van der Waals surface area contributed by atoms with E-state index in [0.29, 0.717) is 28.1 Å². The van der Waals surface area contributed by atoms with Gasteiger partial charge >= 0.3 is 0 Å². The molecule has 0 amide bonds. The van der Waals surface area contributed by atoms with Crippen LogP contribution in [0.15, 0.2) is 67.1 Å². The summed E-state index contributed by atoms with van der Waals surface area (Å²) in [6.45, 7) is 3.01. The van der Waals surface area contributed by atoms with Gasteiger partial charge in [0.25, 0.3) is 0 Å². The van der Waals surface area contributed by atoms with Gasteiger partial charge in [-0.2, -0.15) is 10.2 Å². The highest BCUT2D eigenvalue weighted by atomic mass is 35.5. The fourth-order valence-corrected chi connectivity index (χ4v) is 3.52. The number of thiocarbonyl (C=S) groups is 1. The first-order valence-corrected chi connectivity index (χ1v) is 10.4. The maximum absolute atomic E-state index is 13.9. The molecule has 2 heterocycles. The topological polar surface area (TPSA) is 59.7 Å². The molecule has 0 unspecified atom stereocenters. The number of rotatable bonds is 6. The molecule has 6 nitrogen and oxygen atoms in total. The van der Waals surface area contributed by atoms with Crippen molar-refractivity contribution in [2.45, 2.75) is 20.0 Å². The molecular formula is C22H20ClFN6S. The van der Waals surface area contributed by atoms with Gasteiger partial charge in [0.05, 0.1) is 25.0 Å². The third kappa shape index (κ3) is 5.28. The highest BCUT2D eigenvalue weighted by Crippen LogP contribution is 2.21. The largest absolute Gasteiger partial charge is 0.330 e. The van der Waals surface area contributed by atoms with Gasteiger partial charge in [0, 0.05) is 18.0 Å². The van der Waals surface area contributed by atoms with E-state index in [2.05, 4.69) is 39.9 Å². The van der Waals surface area contributed by atoms with E-state index >= 15 is 0 Å². The van der Waals surface area contributed by atoms with Gasteiger partial charge in [0.15, 0.2) is 10.9 Å². The third-order valence-electron chi connectivity index (χ3n) is 4.72. The van der Waals surface area contributed by atoms with Crippen molar-refractivity contribution >= 4 is 40.4 Å². The molecule has 0 fully saturated rings. The van der Waals surface area contributed by atoms with E-state index in [1.807, 2.05) is 23.0 Å². The zero-order chi connectivity index (χ0) is 21.8. The molecule has 0 aliphatic rings. The van der Waals surface area contributed by atoms with Gasteiger partial charge < -0.3 is 10.6 Å². The number of benzene rings is 2. The predicted molar refractivity (Wildman–Crippen MR) is 125 cm³/mol. The van der Waals surface area contributed by atoms with Crippen molar-refractivity contribution in [2.24, 2.45) is 0 Å². The molecule has 0 atom stereocenters. The monoisotopic (exact) mass is 454 g/mol. The fraction of sp³-hybridized carbons (Fsp3) is 0.136. The molecule has 2 aromatic carbocycles. The summed E-state index contributed by atoms with van der Waals surface area (Å²) in [5.74, 6) is 0.103. The van der Waals surface area contributed by atoms with Crippen molar-refractivity contribution in [1.29, 1.82) is 0 Å². The first-order chi connectivity index (χ1) is 15.0. The normalized spacial score (nSPS) is 10.8. The predicted octanol–water partition coefficient (Wildman–Crippen LogP) is 5.09. The van der Waals surface area contributed by atoms with Crippen molar-refractivity contribution in [3.8, 4) is 0 Å². The van der Waals surface area contributed by atoms with Gasteiger partial charge in [-0.25, -0.2) is 4.39 Å². The Kier molecular flexibility index (Phi) is 6.29. The fourth-order valence-electron chi connectivity index (χ4n) is 3.11. The molecule has 0 aliphatic carbocycles. The summed E-state index contributed by atoms with van der Waals surface area (Å²) in [5, 5.41) is 15.5. The Morgan fingerprint density at radius 2 is 1.71 bits per heavy atom. The molecule has 0 bridgehead atoms. The molecule has 0 aliphatic heterocycles. The van der Waals surface area contributed by atoms with Gasteiger partial charge in [0.2, 0.25) is 0 Å². The molecule has 4 rings (SSSR count). The molecule has 2 N–H and O–H groups in total. The highest BCUT2D eigenvalue weighted by Gasteiger charge is 2.11. The first kappa shape index (κ1) is 21.0. The molecule has 158 valence electrons. The molecule has 0 radical (unpaired) electrons. The number of nitrogens with one attached hydrogen (secondary N) is 2. The smallest absolute Gasteiger partial charge is 0.176 e. The zero-order valence-electron chi connectivity index (χ0n) is 16.7. The van der Waals surface area contributed by atoms with E-state index < -0.39 is 0 Å². The number of hydrogen-bond donors (Lipinski definition) is 2. The zero-order valence-corrected chi connectivity index (χ0v) is 18.3. The summed E-state index contributed by atoms with van der Waals surface area (Å²) < 4.78 is 17.3. The Morgan fingerprint density at radius 1 is 1.00 bits per heavy atom. The second kappa shape index (κ2) is 9.28. The van der Waals surface area contributed by atoms with Crippen molar-refractivity contribution < 1.29 is 4.39 Å². The van der Waals surface area contributed by atoms with Crippen LogP contribution in [0.25, 0.3) is 0 Å². The molecule has 0 saturated carbocycles. The lowest BCUT2D eigenvalue weighted by Crippen LogP contribution is -2.19. The van der Waals surface area contributed by atoms with Crippen LogP contribution in [0.5, 0.6) is 0 Å². The Hall–Kier alpha value is -3.23. The quantitative estimate of drug-likeness (QED) is 0.397. The number of anilines is 2. The third-order valence-corrected chi connectivity index (χ3v) is 5.20. The summed E-state index contributed by atoms with van der Waals surface area (Å²) in [4.78, 5) is 0. The molecule has 0 spiro atoms. The van der Waals surface area contributed by atoms with E-state index in [1.165, 1.54) is 17.2 Å². The highest BCUT2D eigenvalue weighted by molar-refractivity contribution is 7.80. The summed E-state index contributed by atoms with van der Waals surface area (Å²) >= 11 is 11.6. The standard InChI is InChI=1S/C22H20ClFN6S/c1-15-6-2-3-7-16(15)11-29-13-18(10-25-29)26-22(31)27-21-19(23)14-30(28-21)12-17-8-4-5-9-20(17)24/h2-10,13-14H,11-12H2,1H3,(H2,26,27,28,31). The summed E-state index contributed by atoms with van der Waals surface area (Å²) in [6.07, 6.45) is 5.20. The van der Waals surface area contributed by atoms with Crippen molar-refractivity contribution in [3.05, 3.63) is 94.7 Å². The maximum atomic E-state index is 13.9. The Morgan fingerprint density at radius 3 is 2.48 bits per heavy atom. The molecular weight excluding hydrogens is 435 g/mol. The Balaban J connectivity index is 1.37. The van der Waals surface area contributed by atoms with E-state index in [1.54, 1.807) is 35.3 Å². The summed E-state index contributed by atoms with van der Waals surface area (Å²) in [5.41, 5.74) is 3.68. The lowest BCUT2D eigenvalue weighted by molar-refractivity contribution is 0.586. The first-order valence-electron chi connectivity index (χ1n) is 9.59. The molecule has 9 heteroatoms. The van der Waals surface area contributed by atoms with Crippen LogP contribution >= 0.6 is 23.8 Å². The SMILES string of the molecule is Cc1ccccc1Cn1cc(NC(=S)Nc2nn(Cc3ccccc3F)cc2Cl)cn1. The maximum Gasteiger partial charge on any atom is 0.176 e. The number of halogens is 2. The number of aryl methyl sites for hydroxylation is 1. The number of hydrogen-bond acceptors (Lipinski definition) is 3. The average molecular weight is 455 g/mol. The van der Waals surface area contributed by atoms with Crippen LogP contribution in [-0.2, 0) is 13.1 Å². The number of nitrogens with zero attached hydrogens (tertiary/aromatic N) is 4. The van der Waals surface area contributed by atoms with Crippen LogP contribution in [0.3, 0.4) is 0 Å². The minimum Gasteiger partial charge on any atom is -0.330 e. The van der Waals surface area contributed by atoms with Gasteiger partial charge in [-0.1, -0.05) is 54.1 Å². The minimum atomic E-state index is -0.288. The van der Waals surface area contributed by atoms with Crippen LogP contribution in [0.4, 0.5) is 15.9 Å². The molecule has 4 aromatic rings. The van der Waals surface area contributed by atoms with Gasteiger partial charge in [-0.15, -0.1) is 0 Å². The van der Waals surface area contributed by atoms with Crippen LogP contribution < -0.4 is 10.6 Å². The second-order valence-corrected chi connectivity index (χ2v) is 7.86. The van der Waals surface area contributed by atoms with Crippen LogP contribution in [0.2, 0.25) is 5.02 Å². The van der Waals surface area contributed by atoms with Gasteiger partial charge in [0.1, 0.15) is 10.8 Å². The lowest BCUT2D eigenvalue weighted by Gasteiger charge is -2.07. The van der Waals surface area contributed by atoms with E-state index in [0.717, 1.165) is 5.69 Å². The second-order valence-electron chi connectivity index (χ2n) is 7.05. The van der Waals surface area contributed by atoms with E-state index in [-0.39, 0.29) is 12.4 Å². The van der Waals surface area contributed by atoms with Crippen LogP contribution in [0, 0.1) is 12.7 Å². The Labute approximate surface area is 189 Å². The van der Waals surface area contributed by atoms with Crippen molar-refractivity contribution in [3.63, 3.8) is 0 Å². The lowest BCUT2D eigenvalue weighted by atomic mass is 10.1. The van der Waals surface area contributed by atoms with E-state index in [4.69, 9.17) is 23.8 Å². The minimum absolute atomic E-state index is 0.264. The van der Waals surface area contributed by atoms with Gasteiger partial charge in [-0.05, 0) is 36.3 Å². The number of aromatic nitrogens is 4. The molecule has 2 aromatic heterocycles.